The molecule has 2 N–H and O–H groups in total. The zero-order chi connectivity index (χ0) is 21.4. The average Bonchev–Trinajstić information content (AvgIpc) is 2.66. The van der Waals surface area contributed by atoms with Crippen LogP contribution in [-0.4, -0.2) is 31.5 Å². The third-order valence-electron chi connectivity index (χ3n) is 3.08. The zero-order valence-electron chi connectivity index (χ0n) is 16.0. The molecule has 0 radical (unpaired) electrons. The number of allylic oxidation sites excluding steroid dienone is 5. The normalized spacial score (nSPS) is 11.8. The number of carbonyl (C=O) groups is 2. The minimum Gasteiger partial charge on any atom is -0.484 e. The smallest absolute Gasteiger partial charge is 0.257 e. The fourth-order valence-electron chi connectivity index (χ4n) is 1.65. The molecule has 0 atom stereocenters. The van der Waals surface area contributed by atoms with E-state index in [4.69, 9.17) is 16.3 Å². The van der Waals surface area contributed by atoms with Crippen LogP contribution in [0.15, 0.2) is 84.5 Å². The Morgan fingerprint density at radius 2 is 1.86 bits per heavy atom. The van der Waals surface area contributed by atoms with Crippen LogP contribution in [-0.2, 0) is 14.3 Å². The van der Waals surface area contributed by atoms with Crippen LogP contribution in [0.4, 0.5) is 4.39 Å². The number of ether oxygens (including phenoxy) is 1. The molecule has 0 aliphatic rings. The number of hydrogen-bond donors (Lipinski definition) is 2. The molecule has 0 aromatic rings. The van der Waals surface area contributed by atoms with Crippen molar-refractivity contribution >= 4 is 23.4 Å². The first-order valence-electron chi connectivity index (χ1n) is 8.40. The summed E-state index contributed by atoms with van der Waals surface area (Å²) in [5, 5.41) is 5.28. The maximum atomic E-state index is 12.2. The Balaban J connectivity index is 4.18. The van der Waals surface area contributed by atoms with Gasteiger partial charge >= 0.3 is 0 Å². The molecule has 152 valence electrons. The fourth-order valence-corrected chi connectivity index (χ4v) is 1.72. The molecule has 0 aromatic heterocycles. The first kappa shape index (κ1) is 25.1. The standard InChI is InChI=1S/C21H26ClFN2O3/c1-16(2)7-8-17(3)14-25-21(27)18(4)10-13-24-20(26)15-28-19(9-12-23)6-5-11-22/h5-9,11-12H,1,3-4,10,13-15H2,2H3,(H,24,26)(H,25,27)/b8-7-,11-5+,12-9+,19-6+. The Labute approximate surface area is 170 Å². The molecule has 0 rings (SSSR count). The Kier molecular flexibility index (Phi) is 13.7. The van der Waals surface area contributed by atoms with Crippen LogP contribution < -0.4 is 10.6 Å². The Bertz CT molecular complexity index is 706. The van der Waals surface area contributed by atoms with Crippen LogP contribution in [0.25, 0.3) is 0 Å². The highest BCUT2D eigenvalue weighted by molar-refractivity contribution is 6.25. The SMILES string of the molecule is C=C(C)/C=C\C(=C)CNC(=O)C(=C)CCNC(=O)COC(/C=C/F)=C/C=C/Cl. The van der Waals surface area contributed by atoms with Gasteiger partial charge in [-0.2, -0.15) is 0 Å². The largest absolute Gasteiger partial charge is 0.484 e. The van der Waals surface area contributed by atoms with Gasteiger partial charge in [0.1, 0.15) is 5.76 Å². The molecule has 5 nitrogen and oxygen atoms in total. The molecule has 0 aliphatic carbocycles. The zero-order valence-corrected chi connectivity index (χ0v) is 16.7. The van der Waals surface area contributed by atoms with Gasteiger partial charge < -0.3 is 15.4 Å². The van der Waals surface area contributed by atoms with Crippen molar-refractivity contribution in [1.29, 1.82) is 0 Å². The predicted octanol–water partition coefficient (Wildman–Crippen LogP) is 3.99. The van der Waals surface area contributed by atoms with E-state index in [1.54, 1.807) is 12.2 Å². The lowest BCUT2D eigenvalue weighted by Gasteiger charge is -2.10. The summed E-state index contributed by atoms with van der Waals surface area (Å²) < 4.78 is 17.4. The van der Waals surface area contributed by atoms with Gasteiger partial charge in [-0.15, -0.1) is 0 Å². The van der Waals surface area contributed by atoms with Gasteiger partial charge in [-0.05, 0) is 31.1 Å². The van der Waals surface area contributed by atoms with Crippen molar-refractivity contribution in [2.24, 2.45) is 0 Å². The second-order valence-electron chi connectivity index (χ2n) is 5.69. The van der Waals surface area contributed by atoms with Gasteiger partial charge in [0.15, 0.2) is 6.61 Å². The van der Waals surface area contributed by atoms with Crippen molar-refractivity contribution in [1.82, 2.24) is 10.6 Å². The molecule has 0 aliphatic heterocycles. The molecular formula is C21H26ClFN2O3. The van der Waals surface area contributed by atoms with Crippen molar-refractivity contribution in [2.75, 3.05) is 19.7 Å². The van der Waals surface area contributed by atoms with E-state index in [1.807, 2.05) is 6.92 Å². The van der Waals surface area contributed by atoms with Crippen molar-refractivity contribution in [3.63, 3.8) is 0 Å². The van der Waals surface area contributed by atoms with Crippen molar-refractivity contribution in [3.05, 3.63) is 84.5 Å². The van der Waals surface area contributed by atoms with Crippen molar-refractivity contribution in [2.45, 2.75) is 13.3 Å². The highest BCUT2D eigenvalue weighted by Crippen LogP contribution is 2.02. The number of rotatable bonds is 13. The summed E-state index contributed by atoms with van der Waals surface area (Å²) >= 11 is 5.37. The van der Waals surface area contributed by atoms with Gasteiger partial charge in [0, 0.05) is 30.3 Å². The van der Waals surface area contributed by atoms with Crippen LogP contribution in [0.2, 0.25) is 0 Å². The summed E-state index contributed by atoms with van der Waals surface area (Å²) in [7, 11) is 0. The summed E-state index contributed by atoms with van der Waals surface area (Å²) in [6, 6.07) is 0. The van der Waals surface area contributed by atoms with Gasteiger partial charge in [0.05, 0.1) is 6.33 Å². The van der Waals surface area contributed by atoms with Crippen molar-refractivity contribution < 1.29 is 18.7 Å². The Hall–Kier alpha value is -2.86. The van der Waals surface area contributed by atoms with E-state index in [-0.39, 0.29) is 44.1 Å². The minimum atomic E-state index is -0.417. The number of carbonyl (C=O) groups excluding carboxylic acids is 2. The molecular weight excluding hydrogens is 383 g/mol. The highest BCUT2D eigenvalue weighted by Gasteiger charge is 2.08. The lowest BCUT2D eigenvalue weighted by molar-refractivity contribution is -0.124. The Morgan fingerprint density at radius 1 is 1.14 bits per heavy atom. The summed E-state index contributed by atoms with van der Waals surface area (Å²) in [5.41, 5.74) is 3.16. The van der Waals surface area contributed by atoms with Gasteiger partial charge in [0.2, 0.25) is 5.91 Å². The maximum Gasteiger partial charge on any atom is 0.257 e. The number of nitrogens with one attached hydrogen (secondary N) is 2. The summed E-state index contributed by atoms with van der Waals surface area (Å²) in [4.78, 5) is 23.7. The molecule has 28 heavy (non-hydrogen) atoms. The first-order chi connectivity index (χ1) is 13.3. The van der Waals surface area contributed by atoms with Crippen LogP contribution in [0.3, 0.4) is 0 Å². The maximum absolute atomic E-state index is 12.2. The lowest BCUT2D eigenvalue weighted by Crippen LogP contribution is -2.31. The quantitative estimate of drug-likeness (QED) is 0.275. The molecule has 2 amide bonds. The third-order valence-corrected chi connectivity index (χ3v) is 3.23. The van der Waals surface area contributed by atoms with Crippen LogP contribution in [0, 0.1) is 0 Å². The number of hydrogen-bond acceptors (Lipinski definition) is 3. The summed E-state index contributed by atoms with van der Waals surface area (Å²) in [5.74, 6) is -0.597. The molecule has 0 spiro atoms. The Morgan fingerprint density at radius 3 is 2.46 bits per heavy atom. The van der Waals surface area contributed by atoms with E-state index in [0.717, 1.165) is 17.2 Å². The second kappa shape index (κ2) is 15.2. The molecule has 0 fully saturated rings. The lowest BCUT2D eigenvalue weighted by atomic mass is 10.2. The fraction of sp³-hybridized carbons (Fsp3) is 0.238. The molecule has 0 unspecified atom stereocenters. The van der Waals surface area contributed by atoms with Gasteiger partial charge in [-0.1, -0.05) is 49.1 Å². The monoisotopic (exact) mass is 408 g/mol. The van der Waals surface area contributed by atoms with E-state index in [2.05, 4.69) is 30.4 Å². The first-order valence-corrected chi connectivity index (χ1v) is 8.84. The molecule has 0 heterocycles. The third kappa shape index (κ3) is 13.4. The number of amides is 2. The number of halogens is 2. The van der Waals surface area contributed by atoms with Crippen molar-refractivity contribution in [3.8, 4) is 0 Å². The van der Waals surface area contributed by atoms with E-state index in [0.29, 0.717) is 5.57 Å². The highest BCUT2D eigenvalue weighted by atomic mass is 35.5. The molecule has 0 saturated carbocycles. The van der Waals surface area contributed by atoms with Gasteiger partial charge in [-0.3, -0.25) is 9.59 Å². The van der Waals surface area contributed by atoms with E-state index in [9.17, 15) is 14.0 Å². The van der Waals surface area contributed by atoms with E-state index >= 15 is 0 Å². The molecule has 0 bridgehead atoms. The molecule has 0 saturated heterocycles. The van der Waals surface area contributed by atoms with E-state index in [1.165, 1.54) is 17.7 Å². The average molecular weight is 409 g/mol. The van der Waals surface area contributed by atoms with Gasteiger partial charge in [-0.25, -0.2) is 4.39 Å². The summed E-state index contributed by atoms with van der Waals surface area (Å²) in [6.07, 6.45) is 8.02. The molecule has 0 aromatic carbocycles. The predicted molar refractivity (Wildman–Crippen MR) is 112 cm³/mol. The van der Waals surface area contributed by atoms with Crippen LogP contribution >= 0.6 is 11.6 Å². The molecule has 7 heteroatoms. The second-order valence-corrected chi connectivity index (χ2v) is 5.94. The van der Waals surface area contributed by atoms with Crippen LogP contribution in [0.5, 0.6) is 0 Å². The topological polar surface area (TPSA) is 67.4 Å². The summed E-state index contributed by atoms with van der Waals surface area (Å²) in [6.45, 7) is 13.3. The minimum absolute atomic E-state index is 0.138. The van der Waals surface area contributed by atoms with Gasteiger partial charge in [0.25, 0.3) is 5.91 Å². The van der Waals surface area contributed by atoms with Crippen LogP contribution in [0.1, 0.15) is 13.3 Å². The van der Waals surface area contributed by atoms with E-state index < -0.39 is 5.91 Å².